The van der Waals surface area contributed by atoms with Gasteiger partial charge in [0.1, 0.15) is 17.9 Å². The fraction of sp³-hybridized carbons (Fsp3) is 0.176. The average Bonchev–Trinajstić information content (AvgIpc) is 3.26. The number of hydrogen-bond acceptors (Lipinski definition) is 7. The van der Waals surface area contributed by atoms with Gasteiger partial charge in [-0.2, -0.15) is 8.78 Å². The van der Waals surface area contributed by atoms with Gasteiger partial charge in [-0.05, 0) is 24.3 Å². The summed E-state index contributed by atoms with van der Waals surface area (Å²) in [5.74, 6) is 0.499. The average molecular weight is 358 g/mol. The summed E-state index contributed by atoms with van der Waals surface area (Å²) in [6, 6.07) is 8.70. The maximum absolute atomic E-state index is 12.5. The first-order valence-electron chi connectivity index (χ1n) is 7.65. The molecule has 132 valence electrons. The molecule has 0 aliphatic carbocycles. The molecule has 0 atom stereocenters. The van der Waals surface area contributed by atoms with Crippen molar-refractivity contribution in [1.82, 2.24) is 20.2 Å². The molecule has 0 saturated heterocycles. The number of ether oxygens (including phenoxy) is 1. The SMILES string of the molecule is Cc1nc2cc(OCc3ccc(-c4nnc(C(F)F)o4)cn3)ccc2o1. The van der Waals surface area contributed by atoms with Gasteiger partial charge >= 0.3 is 6.43 Å². The molecule has 0 N–H and O–H groups in total. The molecular formula is C17H12F2N4O3. The molecule has 0 radical (unpaired) electrons. The van der Waals surface area contributed by atoms with Crippen LogP contribution in [0.4, 0.5) is 8.78 Å². The Balaban J connectivity index is 1.44. The Kier molecular flexibility index (Phi) is 4.04. The second-order valence-electron chi connectivity index (χ2n) is 5.44. The highest BCUT2D eigenvalue weighted by atomic mass is 19.3. The van der Waals surface area contributed by atoms with Gasteiger partial charge in [0, 0.05) is 19.2 Å². The first-order valence-corrected chi connectivity index (χ1v) is 7.65. The molecule has 0 fully saturated rings. The van der Waals surface area contributed by atoms with Crippen molar-refractivity contribution in [1.29, 1.82) is 0 Å². The third kappa shape index (κ3) is 3.23. The van der Waals surface area contributed by atoms with Crippen LogP contribution >= 0.6 is 0 Å². The van der Waals surface area contributed by atoms with E-state index in [4.69, 9.17) is 13.6 Å². The Morgan fingerprint density at radius 1 is 1.12 bits per heavy atom. The number of aromatic nitrogens is 4. The van der Waals surface area contributed by atoms with E-state index in [1.807, 2.05) is 0 Å². The number of hydrogen-bond donors (Lipinski definition) is 0. The van der Waals surface area contributed by atoms with E-state index < -0.39 is 12.3 Å². The minimum absolute atomic E-state index is 0.00729. The normalized spacial score (nSPS) is 11.4. The van der Waals surface area contributed by atoms with Crippen molar-refractivity contribution < 1.29 is 22.4 Å². The van der Waals surface area contributed by atoms with Crippen LogP contribution in [0, 0.1) is 6.92 Å². The largest absolute Gasteiger partial charge is 0.487 e. The molecule has 0 aliphatic heterocycles. The number of benzene rings is 1. The highest BCUT2D eigenvalue weighted by molar-refractivity contribution is 5.74. The number of nitrogens with zero attached hydrogens (tertiary/aromatic N) is 4. The van der Waals surface area contributed by atoms with Crippen LogP contribution in [0.5, 0.6) is 5.75 Å². The number of fused-ring (bicyclic) bond motifs is 1. The number of alkyl halides is 2. The summed E-state index contributed by atoms with van der Waals surface area (Å²) in [4.78, 5) is 8.47. The lowest BCUT2D eigenvalue weighted by atomic mass is 10.2. The number of pyridine rings is 1. The van der Waals surface area contributed by atoms with E-state index in [1.54, 1.807) is 37.3 Å². The molecule has 0 bridgehead atoms. The van der Waals surface area contributed by atoms with Gasteiger partial charge in [0.15, 0.2) is 11.5 Å². The molecule has 26 heavy (non-hydrogen) atoms. The number of oxazole rings is 1. The molecule has 4 rings (SSSR count). The van der Waals surface area contributed by atoms with E-state index >= 15 is 0 Å². The number of halogens is 2. The van der Waals surface area contributed by atoms with Crippen LogP contribution < -0.4 is 4.74 Å². The van der Waals surface area contributed by atoms with E-state index in [9.17, 15) is 8.78 Å². The van der Waals surface area contributed by atoms with E-state index in [2.05, 4.69) is 20.2 Å². The molecule has 3 heterocycles. The van der Waals surface area contributed by atoms with Crippen LogP contribution in [0.15, 0.2) is 45.4 Å². The lowest BCUT2D eigenvalue weighted by Gasteiger charge is -2.05. The Morgan fingerprint density at radius 2 is 2.00 bits per heavy atom. The fourth-order valence-electron chi connectivity index (χ4n) is 2.35. The van der Waals surface area contributed by atoms with Crippen molar-refractivity contribution in [3.05, 3.63) is 54.0 Å². The van der Waals surface area contributed by atoms with E-state index in [0.717, 1.165) is 5.52 Å². The van der Waals surface area contributed by atoms with Gasteiger partial charge in [0.2, 0.25) is 5.89 Å². The van der Waals surface area contributed by atoms with Crippen LogP contribution in [0.2, 0.25) is 0 Å². The lowest BCUT2D eigenvalue weighted by Crippen LogP contribution is -1.98. The predicted molar refractivity (Wildman–Crippen MR) is 85.6 cm³/mol. The summed E-state index contributed by atoms with van der Waals surface area (Å²) in [6.07, 6.45) is -1.34. The Morgan fingerprint density at radius 3 is 2.73 bits per heavy atom. The third-order valence-corrected chi connectivity index (χ3v) is 3.55. The first-order chi connectivity index (χ1) is 12.6. The van der Waals surface area contributed by atoms with Crippen molar-refractivity contribution in [3.8, 4) is 17.2 Å². The van der Waals surface area contributed by atoms with Crippen molar-refractivity contribution >= 4 is 11.1 Å². The smallest absolute Gasteiger partial charge is 0.314 e. The van der Waals surface area contributed by atoms with Crippen LogP contribution in [-0.4, -0.2) is 20.2 Å². The number of rotatable bonds is 5. The minimum Gasteiger partial charge on any atom is -0.487 e. The zero-order valence-corrected chi connectivity index (χ0v) is 13.5. The summed E-state index contributed by atoms with van der Waals surface area (Å²) >= 11 is 0. The Bertz CT molecular complexity index is 1040. The topological polar surface area (TPSA) is 87.1 Å². The molecular weight excluding hydrogens is 346 g/mol. The third-order valence-electron chi connectivity index (χ3n) is 3.55. The molecule has 0 spiro atoms. The monoisotopic (exact) mass is 358 g/mol. The second kappa shape index (κ2) is 6.51. The minimum atomic E-state index is -2.80. The van der Waals surface area contributed by atoms with Crippen molar-refractivity contribution in [2.75, 3.05) is 0 Å². The molecule has 4 aromatic rings. The Labute approximate surface area is 145 Å². The van der Waals surface area contributed by atoms with Gasteiger partial charge in [0.25, 0.3) is 5.89 Å². The van der Waals surface area contributed by atoms with Crippen LogP contribution in [0.1, 0.15) is 23.9 Å². The van der Waals surface area contributed by atoms with Gasteiger partial charge in [-0.25, -0.2) is 4.98 Å². The van der Waals surface area contributed by atoms with E-state index in [0.29, 0.717) is 28.5 Å². The van der Waals surface area contributed by atoms with Crippen molar-refractivity contribution in [3.63, 3.8) is 0 Å². The molecule has 0 aliphatic rings. The van der Waals surface area contributed by atoms with Gasteiger partial charge in [-0.1, -0.05) is 0 Å². The number of aryl methyl sites for hydroxylation is 1. The molecule has 0 amide bonds. The molecule has 3 aromatic heterocycles. The molecule has 0 saturated carbocycles. The van der Waals surface area contributed by atoms with Gasteiger partial charge < -0.3 is 13.6 Å². The van der Waals surface area contributed by atoms with Crippen molar-refractivity contribution in [2.24, 2.45) is 0 Å². The molecule has 7 nitrogen and oxygen atoms in total. The lowest BCUT2D eigenvalue weighted by molar-refractivity contribution is 0.116. The zero-order chi connectivity index (χ0) is 18.1. The summed E-state index contributed by atoms with van der Waals surface area (Å²) in [7, 11) is 0. The van der Waals surface area contributed by atoms with Gasteiger partial charge in [0.05, 0.1) is 11.3 Å². The van der Waals surface area contributed by atoms with Gasteiger partial charge in [-0.3, -0.25) is 4.98 Å². The summed E-state index contributed by atoms with van der Waals surface area (Å²) < 4.78 is 41.0. The summed E-state index contributed by atoms with van der Waals surface area (Å²) in [5, 5.41) is 6.86. The van der Waals surface area contributed by atoms with Crippen LogP contribution in [0.3, 0.4) is 0 Å². The maximum atomic E-state index is 12.5. The van der Waals surface area contributed by atoms with Crippen molar-refractivity contribution in [2.45, 2.75) is 20.0 Å². The quantitative estimate of drug-likeness (QED) is 0.531. The van der Waals surface area contributed by atoms with Crippen LogP contribution in [0.25, 0.3) is 22.6 Å². The standard InChI is InChI=1S/C17H12F2N4O3/c1-9-21-13-6-12(4-5-14(13)25-9)24-8-11-3-2-10(7-20-11)16-22-23-17(26-16)15(18)19/h2-7,15H,8H2,1H3. The molecule has 1 aromatic carbocycles. The second-order valence-corrected chi connectivity index (χ2v) is 5.44. The Hall–Kier alpha value is -3.36. The molecule has 9 heteroatoms. The zero-order valence-electron chi connectivity index (χ0n) is 13.5. The van der Waals surface area contributed by atoms with E-state index in [1.165, 1.54) is 6.20 Å². The first kappa shape index (κ1) is 16.1. The highest BCUT2D eigenvalue weighted by Gasteiger charge is 2.17. The van der Waals surface area contributed by atoms with Crippen LogP contribution in [-0.2, 0) is 6.61 Å². The maximum Gasteiger partial charge on any atom is 0.314 e. The predicted octanol–water partition coefficient (Wildman–Crippen LogP) is 4.10. The highest BCUT2D eigenvalue weighted by Crippen LogP contribution is 2.24. The molecule has 0 unspecified atom stereocenters. The summed E-state index contributed by atoms with van der Waals surface area (Å²) in [6.45, 7) is 2.01. The van der Waals surface area contributed by atoms with Gasteiger partial charge in [-0.15, -0.1) is 10.2 Å². The fourth-order valence-corrected chi connectivity index (χ4v) is 2.35. The summed E-state index contributed by atoms with van der Waals surface area (Å²) in [5.41, 5.74) is 2.51. The van der Waals surface area contributed by atoms with E-state index in [-0.39, 0.29) is 12.5 Å².